The van der Waals surface area contributed by atoms with E-state index in [-0.39, 0.29) is 22.8 Å². The van der Waals surface area contributed by atoms with Gasteiger partial charge in [-0.3, -0.25) is 0 Å². The third kappa shape index (κ3) is 2.86. The highest BCUT2D eigenvalue weighted by Gasteiger charge is 2.17. The van der Waals surface area contributed by atoms with E-state index >= 15 is 0 Å². The highest BCUT2D eigenvalue weighted by Crippen LogP contribution is 2.28. The second-order valence-electron chi connectivity index (χ2n) is 3.99. The molecule has 0 bridgehead atoms. The summed E-state index contributed by atoms with van der Waals surface area (Å²) in [5.41, 5.74) is 0.630. The molecule has 0 aromatic heterocycles. The van der Waals surface area contributed by atoms with Crippen molar-refractivity contribution in [2.24, 2.45) is 0 Å². The van der Waals surface area contributed by atoms with Crippen LogP contribution in [0, 0.1) is 11.6 Å². The third-order valence-corrected chi connectivity index (χ3v) is 2.98. The van der Waals surface area contributed by atoms with E-state index in [1.165, 1.54) is 30.3 Å². The Bertz CT molecular complexity index is 537. The molecule has 0 radical (unpaired) electrons. The molecule has 1 nitrogen and oxygen atoms in total. The van der Waals surface area contributed by atoms with E-state index in [9.17, 15) is 13.9 Å². The molecule has 18 heavy (non-hydrogen) atoms. The van der Waals surface area contributed by atoms with E-state index in [0.29, 0.717) is 5.56 Å². The molecule has 0 saturated heterocycles. The van der Waals surface area contributed by atoms with Gasteiger partial charge in [0.2, 0.25) is 0 Å². The molecule has 0 aliphatic rings. The molecule has 1 N–H and O–H groups in total. The Kier molecular flexibility index (Phi) is 3.94. The van der Waals surface area contributed by atoms with Crippen LogP contribution in [-0.4, -0.2) is 5.11 Å². The summed E-state index contributed by atoms with van der Waals surface area (Å²) >= 11 is 5.85. The standard InChI is InChI=1S/C14H11ClF2O/c15-11-5-2-6-12(17)14(11)13(18)8-9-3-1-4-10(16)7-9/h1-7,13,18H,8H2. The maximum absolute atomic E-state index is 13.6. The highest BCUT2D eigenvalue weighted by atomic mass is 35.5. The van der Waals surface area contributed by atoms with Crippen LogP contribution >= 0.6 is 11.6 Å². The Hall–Kier alpha value is -1.45. The molecule has 1 unspecified atom stereocenters. The van der Waals surface area contributed by atoms with Crippen LogP contribution in [0.5, 0.6) is 0 Å². The second kappa shape index (κ2) is 5.46. The molecular formula is C14H11ClF2O. The molecule has 2 rings (SSSR count). The van der Waals surface area contributed by atoms with Gasteiger partial charge >= 0.3 is 0 Å². The van der Waals surface area contributed by atoms with Crippen molar-refractivity contribution >= 4 is 11.6 Å². The number of aliphatic hydroxyl groups is 1. The lowest BCUT2D eigenvalue weighted by Crippen LogP contribution is -2.05. The third-order valence-electron chi connectivity index (χ3n) is 2.65. The van der Waals surface area contributed by atoms with Gasteiger partial charge in [0.05, 0.1) is 6.10 Å². The molecule has 0 fully saturated rings. The SMILES string of the molecule is OC(Cc1cccc(F)c1)c1c(F)cccc1Cl. The molecule has 2 aromatic carbocycles. The Morgan fingerprint density at radius 2 is 1.83 bits per heavy atom. The zero-order valence-corrected chi connectivity index (χ0v) is 10.2. The van der Waals surface area contributed by atoms with E-state index in [0.717, 1.165) is 0 Å². The summed E-state index contributed by atoms with van der Waals surface area (Å²) in [6.07, 6.45) is -0.987. The van der Waals surface area contributed by atoms with Crippen LogP contribution in [0.25, 0.3) is 0 Å². The van der Waals surface area contributed by atoms with Gasteiger partial charge in [0, 0.05) is 17.0 Å². The van der Waals surface area contributed by atoms with Crippen LogP contribution in [-0.2, 0) is 6.42 Å². The van der Waals surface area contributed by atoms with Gasteiger partial charge in [-0.05, 0) is 29.8 Å². The Balaban J connectivity index is 2.25. The fourth-order valence-electron chi connectivity index (χ4n) is 1.82. The first-order chi connectivity index (χ1) is 8.58. The lowest BCUT2D eigenvalue weighted by molar-refractivity contribution is 0.173. The largest absolute Gasteiger partial charge is 0.388 e. The number of hydrogen-bond donors (Lipinski definition) is 1. The monoisotopic (exact) mass is 268 g/mol. The number of benzene rings is 2. The van der Waals surface area contributed by atoms with Gasteiger partial charge in [0.25, 0.3) is 0 Å². The first kappa shape index (κ1) is 13.0. The van der Waals surface area contributed by atoms with Crippen molar-refractivity contribution in [2.75, 3.05) is 0 Å². The molecule has 94 valence electrons. The smallest absolute Gasteiger partial charge is 0.130 e. The normalized spacial score (nSPS) is 12.4. The molecule has 2 aromatic rings. The van der Waals surface area contributed by atoms with E-state index in [2.05, 4.69) is 0 Å². The fourth-order valence-corrected chi connectivity index (χ4v) is 2.11. The minimum atomic E-state index is -1.10. The first-order valence-corrected chi connectivity index (χ1v) is 5.82. The Morgan fingerprint density at radius 1 is 1.11 bits per heavy atom. The van der Waals surface area contributed by atoms with Gasteiger partial charge < -0.3 is 5.11 Å². The minimum Gasteiger partial charge on any atom is -0.388 e. The number of halogens is 3. The summed E-state index contributed by atoms with van der Waals surface area (Å²) < 4.78 is 26.6. The van der Waals surface area contributed by atoms with Crippen LogP contribution in [0.15, 0.2) is 42.5 Å². The van der Waals surface area contributed by atoms with Gasteiger partial charge in [0.15, 0.2) is 0 Å². The van der Waals surface area contributed by atoms with Crippen molar-refractivity contribution in [3.8, 4) is 0 Å². The lowest BCUT2D eigenvalue weighted by Gasteiger charge is -2.13. The highest BCUT2D eigenvalue weighted by molar-refractivity contribution is 6.31. The molecule has 1 atom stereocenters. The summed E-state index contributed by atoms with van der Waals surface area (Å²) in [5.74, 6) is -0.953. The molecule has 0 aliphatic heterocycles. The quantitative estimate of drug-likeness (QED) is 0.895. The zero-order chi connectivity index (χ0) is 13.1. The molecule has 0 heterocycles. The predicted molar refractivity (Wildman–Crippen MR) is 66.5 cm³/mol. The maximum Gasteiger partial charge on any atom is 0.130 e. The number of hydrogen-bond acceptors (Lipinski definition) is 1. The van der Waals surface area contributed by atoms with E-state index in [4.69, 9.17) is 11.6 Å². The predicted octanol–water partition coefficient (Wildman–Crippen LogP) is 3.89. The van der Waals surface area contributed by atoms with Gasteiger partial charge in [-0.1, -0.05) is 29.8 Å². The van der Waals surface area contributed by atoms with Crippen molar-refractivity contribution in [2.45, 2.75) is 12.5 Å². The molecule has 0 saturated carbocycles. The van der Waals surface area contributed by atoms with Crippen LogP contribution in [0.1, 0.15) is 17.2 Å². The average molecular weight is 269 g/mol. The molecule has 0 amide bonds. The van der Waals surface area contributed by atoms with Crippen LogP contribution in [0.3, 0.4) is 0 Å². The van der Waals surface area contributed by atoms with Crippen molar-refractivity contribution in [3.63, 3.8) is 0 Å². The van der Waals surface area contributed by atoms with Gasteiger partial charge in [-0.2, -0.15) is 0 Å². The molecular weight excluding hydrogens is 258 g/mol. The lowest BCUT2D eigenvalue weighted by atomic mass is 10.0. The van der Waals surface area contributed by atoms with E-state index in [1.54, 1.807) is 12.1 Å². The van der Waals surface area contributed by atoms with Crippen molar-refractivity contribution in [1.82, 2.24) is 0 Å². The van der Waals surface area contributed by atoms with E-state index in [1.807, 2.05) is 0 Å². The van der Waals surface area contributed by atoms with Crippen molar-refractivity contribution < 1.29 is 13.9 Å². The fraction of sp³-hybridized carbons (Fsp3) is 0.143. The maximum atomic E-state index is 13.6. The van der Waals surface area contributed by atoms with Crippen molar-refractivity contribution in [1.29, 1.82) is 0 Å². The van der Waals surface area contributed by atoms with Gasteiger partial charge in [-0.25, -0.2) is 8.78 Å². The Labute approximate surface area is 109 Å². The topological polar surface area (TPSA) is 20.2 Å². The first-order valence-electron chi connectivity index (χ1n) is 5.44. The van der Waals surface area contributed by atoms with Crippen molar-refractivity contribution in [3.05, 3.63) is 70.2 Å². The number of rotatable bonds is 3. The van der Waals surface area contributed by atoms with Crippen LogP contribution < -0.4 is 0 Å². The van der Waals surface area contributed by atoms with Crippen LogP contribution in [0.4, 0.5) is 8.78 Å². The summed E-state index contributed by atoms with van der Waals surface area (Å²) in [7, 11) is 0. The average Bonchev–Trinajstić information content (AvgIpc) is 2.28. The Morgan fingerprint density at radius 3 is 2.50 bits per heavy atom. The van der Waals surface area contributed by atoms with Gasteiger partial charge in [-0.15, -0.1) is 0 Å². The zero-order valence-electron chi connectivity index (χ0n) is 9.41. The molecule has 4 heteroatoms. The number of aliphatic hydroxyl groups excluding tert-OH is 1. The molecule has 0 aliphatic carbocycles. The van der Waals surface area contributed by atoms with Crippen LogP contribution in [0.2, 0.25) is 5.02 Å². The summed E-state index contributed by atoms with van der Waals surface area (Å²) in [5, 5.41) is 10.1. The molecule has 0 spiro atoms. The summed E-state index contributed by atoms with van der Waals surface area (Å²) in [4.78, 5) is 0. The second-order valence-corrected chi connectivity index (χ2v) is 4.39. The summed E-state index contributed by atoms with van der Waals surface area (Å²) in [6.45, 7) is 0. The summed E-state index contributed by atoms with van der Waals surface area (Å²) in [6, 6.07) is 10.0. The van der Waals surface area contributed by atoms with E-state index < -0.39 is 11.9 Å². The minimum absolute atomic E-state index is 0.0448. The van der Waals surface area contributed by atoms with Gasteiger partial charge in [0.1, 0.15) is 11.6 Å².